The molecule has 1 aliphatic carbocycles. The van der Waals surface area contributed by atoms with Crippen molar-refractivity contribution >= 4 is 11.9 Å². The lowest BCUT2D eigenvalue weighted by atomic mass is 9.81. The van der Waals surface area contributed by atoms with Crippen LogP contribution in [0.25, 0.3) is 0 Å². The molecule has 5 nitrogen and oxygen atoms in total. The molecular formula is C18H23NO4. The minimum atomic E-state index is -0.800. The van der Waals surface area contributed by atoms with Gasteiger partial charge < -0.3 is 15.2 Å². The van der Waals surface area contributed by atoms with Crippen molar-refractivity contribution in [3.63, 3.8) is 0 Å². The van der Waals surface area contributed by atoms with Crippen LogP contribution < -0.4 is 10.1 Å². The Morgan fingerprint density at radius 2 is 2.04 bits per heavy atom. The monoisotopic (exact) mass is 317 g/mol. The molecule has 0 spiro atoms. The minimum absolute atomic E-state index is 0.0746. The van der Waals surface area contributed by atoms with Gasteiger partial charge in [0.15, 0.2) is 0 Å². The van der Waals surface area contributed by atoms with E-state index in [4.69, 9.17) is 9.84 Å². The van der Waals surface area contributed by atoms with Crippen molar-refractivity contribution in [2.75, 3.05) is 6.61 Å². The Labute approximate surface area is 136 Å². The molecule has 2 atom stereocenters. The Hall–Kier alpha value is -2.30. The van der Waals surface area contributed by atoms with Crippen LogP contribution in [0, 0.1) is 11.8 Å². The maximum Gasteiger partial charge on any atom is 0.306 e. The summed E-state index contributed by atoms with van der Waals surface area (Å²) in [7, 11) is 0. The van der Waals surface area contributed by atoms with E-state index in [2.05, 4.69) is 11.9 Å². The predicted octanol–water partition coefficient (Wildman–Crippen LogP) is 2.76. The van der Waals surface area contributed by atoms with Crippen LogP contribution in [0.1, 0.15) is 31.2 Å². The van der Waals surface area contributed by atoms with Gasteiger partial charge in [0.1, 0.15) is 12.4 Å². The molecule has 23 heavy (non-hydrogen) atoms. The molecule has 0 saturated heterocycles. The first-order chi connectivity index (χ1) is 11.1. The fraction of sp³-hybridized carbons (Fsp3) is 0.444. The van der Waals surface area contributed by atoms with E-state index < -0.39 is 11.9 Å². The lowest BCUT2D eigenvalue weighted by Gasteiger charge is -2.25. The quantitative estimate of drug-likeness (QED) is 0.758. The number of carbonyl (C=O) groups is 2. The van der Waals surface area contributed by atoms with Crippen molar-refractivity contribution in [3.05, 3.63) is 42.5 Å². The van der Waals surface area contributed by atoms with Gasteiger partial charge in [-0.3, -0.25) is 9.59 Å². The van der Waals surface area contributed by atoms with Gasteiger partial charge in [0.2, 0.25) is 5.91 Å². The molecule has 124 valence electrons. The summed E-state index contributed by atoms with van der Waals surface area (Å²) in [6, 6.07) is 7.53. The highest BCUT2D eigenvalue weighted by atomic mass is 16.5. The highest BCUT2D eigenvalue weighted by molar-refractivity contribution is 5.80. The molecule has 0 aromatic heterocycles. The van der Waals surface area contributed by atoms with E-state index in [9.17, 15) is 9.59 Å². The van der Waals surface area contributed by atoms with Gasteiger partial charge in [0, 0.05) is 18.0 Å². The average molecular weight is 317 g/mol. The molecule has 2 rings (SSSR count). The summed E-state index contributed by atoms with van der Waals surface area (Å²) < 4.78 is 5.57. The van der Waals surface area contributed by atoms with Crippen LogP contribution in [-0.2, 0) is 16.1 Å². The fourth-order valence-corrected chi connectivity index (χ4v) is 2.92. The van der Waals surface area contributed by atoms with Crippen LogP contribution in [0.2, 0.25) is 0 Å². The summed E-state index contributed by atoms with van der Waals surface area (Å²) in [4.78, 5) is 23.4. The second-order valence-electron chi connectivity index (χ2n) is 5.82. The van der Waals surface area contributed by atoms with Crippen LogP contribution in [0.3, 0.4) is 0 Å². The lowest BCUT2D eigenvalue weighted by Crippen LogP contribution is -2.35. The van der Waals surface area contributed by atoms with Crippen LogP contribution in [-0.4, -0.2) is 23.6 Å². The third-order valence-corrected chi connectivity index (χ3v) is 4.18. The number of hydrogen-bond acceptors (Lipinski definition) is 3. The molecule has 1 aromatic rings. The Balaban J connectivity index is 1.91. The average Bonchev–Trinajstić information content (AvgIpc) is 2.58. The van der Waals surface area contributed by atoms with Gasteiger partial charge in [0.05, 0.1) is 5.92 Å². The Kier molecular flexibility index (Phi) is 6.20. The number of rotatable bonds is 7. The molecular weight excluding hydrogens is 294 g/mol. The number of para-hydroxylation sites is 1. The van der Waals surface area contributed by atoms with Gasteiger partial charge in [-0.1, -0.05) is 37.3 Å². The Morgan fingerprint density at radius 3 is 2.78 bits per heavy atom. The molecule has 0 radical (unpaired) electrons. The SMILES string of the molecule is C=CCOc1ccccc1CNC(=O)C1CCCC(C(=O)O)C1. The van der Waals surface area contributed by atoms with E-state index >= 15 is 0 Å². The fourth-order valence-electron chi connectivity index (χ4n) is 2.92. The molecule has 1 amide bonds. The zero-order valence-corrected chi connectivity index (χ0v) is 13.2. The van der Waals surface area contributed by atoms with Crippen LogP contribution in [0.15, 0.2) is 36.9 Å². The van der Waals surface area contributed by atoms with E-state index in [1.165, 1.54) is 0 Å². The number of benzene rings is 1. The molecule has 2 N–H and O–H groups in total. The second-order valence-corrected chi connectivity index (χ2v) is 5.82. The van der Waals surface area contributed by atoms with Crippen LogP contribution in [0.4, 0.5) is 0 Å². The second kappa shape index (κ2) is 8.36. The first kappa shape index (κ1) is 17.1. The summed E-state index contributed by atoms with van der Waals surface area (Å²) in [5, 5.41) is 12.0. The topological polar surface area (TPSA) is 75.6 Å². The molecule has 0 heterocycles. The standard InChI is InChI=1S/C18H23NO4/c1-2-10-23-16-9-4-3-6-15(16)12-19-17(20)13-7-5-8-14(11-13)18(21)22/h2-4,6,9,13-14H,1,5,7-8,10-12H2,(H,19,20)(H,21,22). The molecule has 1 aliphatic rings. The Morgan fingerprint density at radius 1 is 1.30 bits per heavy atom. The molecule has 0 aliphatic heterocycles. The van der Waals surface area contributed by atoms with E-state index in [-0.39, 0.29) is 11.8 Å². The summed E-state index contributed by atoms with van der Waals surface area (Å²) in [5.74, 6) is -0.770. The maximum atomic E-state index is 12.3. The minimum Gasteiger partial charge on any atom is -0.489 e. The van der Waals surface area contributed by atoms with Gasteiger partial charge in [-0.25, -0.2) is 0 Å². The van der Waals surface area contributed by atoms with Crippen molar-refractivity contribution in [3.8, 4) is 5.75 Å². The first-order valence-corrected chi connectivity index (χ1v) is 7.94. The number of ether oxygens (including phenoxy) is 1. The van der Waals surface area contributed by atoms with E-state index in [1.54, 1.807) is 6.08 Å². The number of amides is 1. The van der Waals surface area contributed by atoms with E-state index in [1.807, 2.05) is 24.3 Å². The van der Waals surface area contributed by atoms with Gasteiger partial charge in [-0.05, 0) is 25.3 Å². The number of carboxylic acids is 1. The first-order valence-electron chi connectivity index (χ1n) is 7.94. The third-order valence-electron chi connectivity index (χ3n) is 4.18. The number of hydrogen-bond donors (Lipinski definition) is 2. The van der Waals surface area contributed by atoms with Crippen LogP contribution >= 0.6 is 0 Å². The third kappa shape index (κ3) is 4.84. The summed E-state index contributed by atoms with van der Waals surface area (Å²) in [6.07, 6.45) is 4.30. The van der Waals surface area contributed by atoms with E-state index in [0.29, 0.717) is 26.0 Å². The molecule has 1 fully saturated rings. The van der Waals surface area contributed by atoms with Gasteiger partial charge >= 0.3 is 5.97 Å². The zero-order chi connectivity index (χ0) is 16.7. The van der Waals surface area contributed by atoms with Crippen molar-refractivity contribution in [1.82, 2.24) is 5.32 Å². The highest BCUT2D eigenvalue weighted by Crippen LogP contribution is 2.29. The number of carbonyl (C=O) groups excluding carboxylic acids is 1. The smallest absolute Gasteiger partial charge is 0.306 e. The largest absolute Gasteiger partial charge is 0.489 e. The van der Waals surface area contributed by atoms with Crippen molar-refractivity contribution in [1.29, 1.82) is 0 Å². The van der Waals surface area contributed by atoms with Crippen LogP contribution in [0.5, 0.6) is 5.75 Å². The van der Waals surface area contributed by atoms with E-state index in [0.717, 1.165) is 24.2 Å². The number of aliphatic carboxylic acids is 1. The van der Waals surface area contributed by atoms with Gasteiger partial charge in [-0.15, -0.1) is 0 Å². The highest BCUT2D eigenvalue weighted by Gasteiger charge is 2.30. The predicted molar refractivity (Wildman–Crippen MR) is 87.1 cm³/mol. The number of carboxylic acid groups (broad SMARTS) is 1. The summed E-state index contributed by atoms with van der Waals surface area (Å²) in [5.41, 5.74) is 0.897. The molecule has 1 aromatic carbocycles. The summed E-state index contributed by atoms with van der Waals surface area (Å²) >= 11 is 0. The number of nitrogens with one attached hydrogen (secondary N) is 1. The lowest BCUT2D eigenvalue weighted by molar-refractivity contribution is -0.144. The zero-order valence-electron chi connectivity index (χ0n) is 13.2. The Bertz CT molecular complexity index is 570. The molecule has 2 unspecified atom stereocenters. The molecule has 0 bridgehead atoms. The normalized spacial score (nSPS) is 20.5. The molecule has 5 heteroatoms. The van der Waals surface area contributed by atoms with Crippen molar-refractivity contribution in [2.24, 2.45) is 11.8 Å². The van der Waals surface area contributed by atoms with Crippen molar-refractivity contribution < 1.29 is 19.4 Å². The maximum absolute atomic E-state index is 12.3. The van der Waals surface area contributed by atoms with Gasteiger partial charge in [0.25, 0.3) is 0 Å². The molecule has 1 saturated carbocycles. The van der Waals surface area contributed by atoms with Gasteiger partial charge in [-0.2, -0.15) is 0 Å². The van der Waals surface area contributed by atoms with Crippen molar-refractivity contribution in [2.45, 2.75) is 32.2 Å². The summed E-state index contributed by atoms with van der Waals surface area (Å²) in [6.45, 7) is 4.41.